The lowest BCUT2D eigenvalue weighted by atomic mass is 10.1. The minimum atomic E-state index is 0.199. The molecule has 0 aliphatic carbocycles. The highest BCUT2D eigenvalue weighted by Crippen LogP contribution is 2.16. The molecule has 0 spiro atoms. The van der Waals surface area contributed by atoms with Crippen LogP contribution in [0.2, 0.25) is 0 Å². The maximum Gasteiger partial charge on any atom is 0.0759 e. The SMILES string of the molecule is CC/C(=C\C1CCCO1)CNC(C)(C)C. The van der Waals surface area contributed by atoms with E-state index in [-0.39, 0.29) is 5.54 Å². The molecule has 0 saturated carbocycles. The molecular weight excluding hydrogens is 186 g/mol. The molecule has 2 nitrogen and oxygen atoms in total. The van der Waals surface area contributed by atoms with Crippen LogP contribution in [0.5, 0.6) is 0 Å². The molecule has 1 fully saturated rings. The molecule has 1 aliphatic heterocycles. The van der Waals surface area contributed by atoms with E-state index in [1.54, 1.807) is 0 Å². The first-order chi connectivity index (χ1) is 7.01. The molecule has 0 aromatic rings. The summed E-state index contributed by atoms with van der Waals surface area (Å²) in [5, 5.41) is 3.52. The second kappa shape index (κ2) is 5.66. The van der Waals surface area contributed by atoms with Gasteiger partial charge in [-0.25, -0.2) is 0 Å². The maximum absolute atomic E-state index is 5.61. The lowest BCUT2D eigenvalue weighted by Crippen LogP contribution is -2.37. The van der Waals surface area contributed by atoms with Crippen LogP contribution in [0.25, 0.3) is 0 Å². The van der Waals surface area contributed by atoms with Crippen molar-refractivity contribution in [3.8, 4) is 0 Å². The molecule has 15 heavy (non-hydrogen) atoms. The highest BCUT2D eigenvalue weighted by molar-refractivity contribution is 5.08. The van der Waals surface area contributed by atoms with Crippen molar-refractivity contribution in [1.82, 2.24) is 5.32 Å². The second-order valence-corrected chi connectivity index (χ2v) is 5.33. The van der Waals surface area contributed by atoms with Crippen LogP contribution in [0.3, 0.4) is 0 Å². The van der Waals surface area contributed by atoms with Gasteiger partial charge in [-0.3, -0.25) is 0 Å². The fourth-order valence-corrected chi connectivity index (χ4v) is 1.68. The van der Waals surface area contributed by atoms with Crippen molar-refractivity contribution < 1.29 is 4.74 Å². The van der Waals surface area contributed by atoms with Crippen molar-refractivity contribution in [2.45, 2.75) is 58.6 Å². The highest BCUT2D eigenvalue weighted by Gasteiger charge is 2.14. The number of ether oxygens (including phenoxy) is 1. The van der Waals surface area contributed by atoms with Crippen molar-refractivity contribution in [1.29, 1.82) is 0 Å². The first-order valence-corrected chi connectivity index (χ1v) is 6.07. The van der Waals surface area contributed by atoms with Crippen LogP contribution < -0.4 is 5.32 Å². The Kier molecular flexibility index (Phi) is 4.81. The van der Waals surface area contributed by atoms with Crippen molar-refractivity contribution in [2.24, 2.45) is 0 Å². The van der Waals surface area contributed by atoms with Gasteiger partial charge in [0.2, 0.25) is 0 Å². The third-order valence-electron chi connectivity index (χ3n) is 2.69. The van der Waals surface area contributed by atoms with Gasteiger partial charge in [-0.05, 0) is 40.0 Å². The van der Waals surface area contributed by atoms with E-state index < -0.39 is 0 Å². The molecule has 0 bridgehead atoms. The molecule has 2 heteroatoms. The summed E-state index contributed by atoms with van der Waals surface area (Å²) in [6, 6.07) is 0. The van der Waals surface area contributed by atoms with Gasteiger partial charge in [0.1, 0.15) is 0 Å². The predicted molar refractivity (Wildman–Crippen MR) is 65.1 cm³/mol. The van der Waals surface area contributed by atoms with E-state index >= 15 is 0 Å². The van der Waals surface area contributed by atoms with Gasteiger partial charge in [0.15, 0.2) is 0 Å². The topological polar surface area (TPSA) is 21.3 Å². The highest BCUT2D eigenvalue weighted by atomic mass is 16.5. The predicted octanol–water partition coefficient (Wildman–Crippen LogP) is 2.89. The van der Waals surface area contributed by atoms with Crippen molar-refractivity contribution in [2.75, 3.05) is 13.2 Å². The van der Waals surface area contributed by atoms with E-state index in [0.717, 1.165) is 19.6 Å². The Labute approximate surface area is 94.1 Å². The summed E-state index contributed by atoms with van der Waals surface area (Å²) >= 11 is 0. The summed E-state index contributed by atoms with van der Waals surface area (Å²) in [6.07, 6.45) is 6.21. The fourth-order valence-electron chi connectivity index (χ4n) is 1.68. The molecule has 1 rings (SSSR count). The van der Waals surface area contributed by atoms with Gasteiger partial charge in [0.25, 0.3) is 0 Å². The Balaban J connectivity index is 2.40. The number of rotatable bonds is 4. The molecule has 1 unspecified atom stereocenters. The number of hydrogen-bond donors (Lipinski definition) is 1. The largest absolute Gasteiger partial charge is 0.374 e. The van der Waals surface area contributed by atoms with Crippen molar-refractivity contribution in [3.05, 3.63) is 11.6 Å². The summed E-state index contributed by atoms with van der Waals surface area (Å²) in [5.41, 5.74) is 1.67. The zero-order valence-corrected chi connectivity index (χ0v) is 10.6. The standard InChI is InChI=1S/C13H25NO/c1-5-11(10-14-13(2,3)4)9-12-7-6-8-15-12/h9,12,14H,5-8,10H2,1-4H3/b11-9+. The quantitative estimate of drug-likeness (QED) is 0.722. The van der Waals surface area contributed by atoms with Gasteiger partial charge in [0.05, 0.1) is 6.10 Å². The smallest absolute Gasteiger partial charge is 0.0759 e. The fraction of sp³-hybridized carbons (Fsp3) is 0.846. The molecule has 1 saturated heterocycles. The average molecular weight is 211 g/mol. The molecule has 0 aromatic heterocycles. The summed E-state index contributed by atoms with van der Waals surface area (Å²) in [4.78, 5) is 0. The molecule has 1 aliphatic rings. The molecule has 0 amide bonds. The Hall–Kier alpha value is -0.340. The lowest BCUT2D eigenvalue weighted by molar-refractivity contribution is 0.144. The van der Waals surface area contributed by atoms with Gasteiger partial charge in [-0.1, -0.05) is 18.6 Å². The van der Waals surface area contributed by atoms with E-state index in [9.17, 15) is 0 Å². The van der Waals surface area contributed by atoms with Crippen LogP contribution in [0.1, 0.15) is 47.0 Å². The second-order valence-electron chi connectivity index (χ2n) is 5.33. The lowest BCUT2D eigenvalue weighted by Gasteiger charge is -2.22. The van der Waals surface area contributed by atoms with E-state index in [1.165, 1.54) is 18.4 Å². The van der Waals surface area contributed by atoms with Gasteiger partial charge < -0.3 is 10.1 Å². The van der Waals surface area contributed by atoms with Gasteiger partial charge in [0, 0.05) is 18.7 Å². The molecular formula is C13H25NO. The van der Waals surface area contributed by atoms with E-state index in [2.05, 4.69) is 39.1 Å². The minimum absolute atomic E-state index is 0.199. The summed E-state index contributed by atoms with van der Waals surface area (Å²) in [6.45, 7) is 10.7. The van der Waals surface area contributed by atoms with Gasteiger partial charge in [-0.2, -0.15) is 0 Å². The van der Waals surface area contributed by atoms with Gasteiger partial charge in [-0.15, -0.1) is 0 Å². The molecule has 0 aromatic carbocycles. The Morgan fingerprint density at radius 3 is 2.67 bits per heavy atom. The maximum atomic E-state index is 5.61. The van der Waals surface area contributed by atoms with E-state index in [4.69, 9.17) is 4.74 Å². The van der Waals surface area contributed by atoms with E-state index in [0.29, 0.717) is 6.10 Å². The van der Waals surface area contributed by atoms with Crippen LogP contribution in [0.4, 0.5) is 0 Å². The zero-order valence-electron chi connectivity index (χ0n) is 10.6. The van der Waals surface area contributed by atoms with Gasteiger partial charge >= 0.3 is 0 Å². The van der Waals surface area contributed by atoms with Crippen LogP contribution in [0, 0.1) is 0 Å². The molecule has 0 radical (unpaired) electrons. The Bertz CT molecular complexity index is 209. The van der Waals surface area contributed by atoms with Crippen LogP contribution >= 0.6 is 0 Å². The summed E-state index contributed by atoms with van der Waals surface area (Å²) in [5.74, 6) is 0. The van der Waals surface area contributed by atoms with Crippen LogP contribution in [0.15, 0.2) is 11.6 Å². The zero-order chi connectivity index (χ0) is 11.3. The molecule has 1 heterocycles. The first-order valence-electron chi connectivity index (χ1n) is 6.07. The summed E-state index contributed by atoms with van der Waals surface area (Å²) < 4.78 is 5.61. The first kappa shape index (κ1) is 12.7. The summed E-state index contributed by atoms with van der Waals surface area (Å²) in [7, 11) is 0. The molecule has 1 atom stereocenters. The Morgan fingerprint density at radius 2 is 2.20 bits per heavy atom. The van der Waals surface area contributed by atoms with Crippen LogP contribution in [-0.4, -0.2) is 24.8 Å². The molecule has 88 valence electrons. The van der Waals surface area contributed by atoms with Crippen molar-refractivity contribution in [3.63, 3.8) is 0 Å². The molecule has 1 N–H and O–H groups in total. The van der Waals surface area contributed by atoms with E-state index in [1.807, 2.05) is 0 Å². The third kappa shape index (κ3) is 5.33. The number of nitrogens with one attached hydrogen (secondary N) is 1. The van der Waals surface area contributed by atoms with Crippen molar-refractivity contribution >= 4 is 0 Å². The average Bonchev–Trinajstić information content (AvgIpc) is 2.63. The third-order valence-corrected chi connectivity index (χ3v) is 2.69. The van der Waals surface area contributed by atoms with Crippen LogP contribution in [-0.2, 0) is 4.74 Å². The number of hydrogen-bond acceptors (Lipinski definition) is 2. The minimum Gasteiger partial charge on any atom is -0.374 e. The normalized spacial score (nSPS) is 23.5. The Morgan fingerprint density at radius 1 is 1.47 bits per heavy atom. The monoisotopic (exact) mass is 211 g/mol.